The molecule has 2 heterocycles. The van der Waals surface area contributed by atoms with Crippen LogP contribution in [0.15, 0.2) is 71.5 Å². The molecule has 7 heteroatoms. The van der Waals surface area contributed by atoms with Gasteiger partial charge in [-0.25, -0.2) is 4.68 Å². The Morgan fingerprint density at radius 1 is 0.906 bits per heavy atom. The number of amides is 1. The molecule has 0 radical (unpaired) electrons. The number of anilines is 1. The fourth-order valence-electron chi connectivity index (χ4n) is 4.09. The lowest BCUT2D eigenvalue weighted by atomic mass is 10.0. The summed E-state index contributed by atoms with van der Waals surface area (Å²) in [7, 11) is 1.66. The highest BCUT2D eigenvalue weighted by Crippen LogP contribution is 2.29. The van der Waals surface area contributed by atoms with E-state index in [0.717, 1.165) is 17.0 Å². The summed E-state index contributed by atoms with van der Waals surface area (Å²) in [5.41, 5.74) is 1.18. The van der Waals surface area contributed by atoms with E-state index in [1.165, 1.54) is 10.7 Å². The molecule has 1 fully saturated rings. The lowest BCUT2D eigenvalue weighted by Crippen LogP contribution is -2.56. The number of hydrogen-bond donors (Lipinski definition) is 0. The molecule has 0 aliphatic carbocycles. The summed E-state index contributed by atoms with van der Waals surface area (Å²) in [5, 5.41) is 4.55. The molecule has 4 rings (SSSR count). The summed E-state index contributed by atoms with van der Waals surface area (Å²) in [4.78, 5) is 30.2. The van der Waals surface area contributed by atoms with E-state index in [-0.39, 0.29) is 11.5 Å². The number of benzene rings is 2. The van der Waals surface area contributed by atoms with Crippen molar-refractivity contribution in [3.8, 4) is 17.0 Å². The second-order valence-electron chi connectivity index (χ2n) is 8.34. The molecule has 166 valence electrons. The minimum Gasteiger partial charge on any atom is -0.495 e. The van der Waals surface area contributed by atoms with Crippen LogP contribution in [-0.4, -0.2) is 53.9 Å². The Kier molecular flexibility index (Phi) is 5.99. The van der Waals surface area contributed by atoms with Crippen LogP contribution in [-0.2, 0) is 10.3 Å². The van der Waals surface area contributed by atoms with Gasteiger partial charge in [-0.15, -0.1) is 0 Å². The zero-order valence-corrected chi connectivity index (χ0v) is 18.7. The number of aromatic nitrogens is 2. The molecule has 2 aromatic carbocycles. The lowest BCUT2D eigenvalue weighted by Gasteiger charge is -2.39. The lowest BCUT2D eigenvalue weighted by molar-refractivity contribution is -0.140. The Labute approximate surface area is 187 Å². The second-order valence-corrected chi connectivity index (χ2v) is 8.34. The number of carbonyl (C=O) groups is 1. The Balaban J connectivity index is 1.53. The van der Waals surface area contributed by atoms with Crippen LogP contribution in [0, 0.1) is 0 Å². The van der Waals surface area contributed by atoms with Gasteiger partial charge in [-0.3, -0.25) is 9.59 Å². The summed E-state index contributed by atoms with van der Waals surface area (Å²) >= 11 is 0. The van der Waals surface area contributed by atoms with Crippen LogP contribution < -0.4 is 15.2 Å². The summed E-state index contributed by atoms with van der Waals surface area (Å²) in [5.74, 6) is 0.707. The maximum Gasteiger partial charge on any atom is 0.267 e. The standard InChI is InChI=1S/C25H28N4O3/c1-25(2,29-23(30)14-13-20(26-29)19-9-5-4-6-10-19)24(31)28-17-15-27(16-18-28)21-11-7-8-12-22(21)32-3/h4-14H,15-18H2,1-3H3. The van der Waals surface area contributed by atoms with Gasteiger partial charge in [-0.2, -0.15) is 5.10 Å². The van der Waals surface area contributed by atoms with Crippen molar-refractivity contribution in [2.75, 3.05) is 38.2 Å². The molecule has 3 aromatic rings. The fourth-order valence-corrected chi connectivity index (χ4v) is 4.09. The van der Waals surface area contributed by atoms with Crippen molar-refractivity contribution in [2.45, 2.75) is 19.4 Å². The molecule has 0 bridgehead atoms. The van der Waals surface area contributed by atoms with E-state index in [2.05, 4.69) is 10.00 Å². The van der Waals surface area contributed by atoms with Crippen LogP contribution in [0.25, 0.3) is 11.3 Å². The van der Waals surface area contributed by atoms with Crippen LogP contribution in [0.1, 0.15) is 13.8 Å². The van der Waals surface area contributed by atoms with Gasteiger partial charge in [0.25, 0.3) is 5.56 Å². The van der Waals surface area contributed by atoms with E-state index in [0.29, 0.717) is 31.9 Å². The molecule has 0 atom stereocenters. The van der Waals surface area contributed by atoms with Crippen LogP contribution in [0.4, 0.5) is 5.69 Å². The summed E-state index contributed by atoms with van der Waals surface area (Å²) in [6.45, 7) is 6.01. The predicted octanol–water partition coefficient (Wildman–Crippen LogP) is 3.00. The number of carbonyl (C=O) groups excluding carboxylic acids is 1. The smallest absolute Gasteiger partial charge is 0.267 e. The number of methoxy groups -OCH3 is 1. The summed E-state index contributed by atoms with van der Waals surface area (Å²) in [6, 6.07) is 20.7. The van der Waals surface area contributed by atoms with Crippen molar-refractivity contribution in [2.24, 2.45) is 0 Å². The third kappa shape index (κ3) is 4.10. The molecule has 0 N–H and O–H groups in total. The SMILES string of the molecule is COc1ccccc1N1CCN(C(=O)C(C)(C)n2nc(-c3ccccc3)ccc2=O)CC1. The largest absolute Gasteiger partial charge is 0.495 e. The van der Waals surface area contributed by atoms with Gasteiger partial charge in [0.05, 0.1) is 18.5 Å². The van der Waals surface area contributed by atoms with Crippen molar-refractivity contribution < 1.29 is 9.53 Å². The third-order valence-corrected chi connectivity index (χ3v) is 5.92. The topological polar surface area (TPSA) is 67.7 Å². The number of para-hydroxylation sites is 2. The minimum atomic E-state index is -1.10. The normalized spacial score (nSPS) is 14.3. The second kappa shape index (κ2) is 8.86. The van der Waals surface area contributed by atoms with E-state index in [9.17, 15) is 9.59 Å². The van der Waals surface area contributed by atoms with Crippen LogP contribution >= 0.6 is 0 Å². The molecular weight excluding hydrogens is 404 g/mol. The molecule has 0 unspecified atom stereocenters. The molecule has 7 nitrogen and oxygen atoms in total. The molecule has 1 aromatic heterocycles. The van der Waals surface area contributed by atoms with Crippen molar-refractivity contribution in [1.29, 1.82) is 0 Å². The van der Waals surface area contributed by atoms with Gasteiger partial charge in [-0.05, 0) is 32.0 Å². The number of ether oxygens (including phenoxy) is 1. The highest BCUT2D eigenvalue weighted by molar-refractivity contribution is 5.84. The van der Waals surface area contributed by atoms with Crippen LogP contribution in [0.2, 0.25) is 0 Å². The molecule has 0 saturated carbocycles. The van der Waals surface area contributed by atoms with E-state index in [1.54, 1.807) is 27.0 Å². The van der Waals surface area contributed by atoms with Gasteiger partial charge < -0.3 is 14.5 Å². The van der Waals surface area contributed by atoms with Gasteiger partial charge in [-0.1, -0.05) is 42.5 Å². The van der Waals surface area contributed by atoms with E-state index in [4.69, 9.17) is 4.74 Å². The minimum absolute atomic E-state index is 0.114. The van der Waals surface area contributed by atoms with Gasteiger partial charge in [0, 0.05) is 37.8 Å². The third-order valence-electron chi connectivity index (χ3n) is 5.92. The molecule has 1 aliphatic rings. The van der Waals surface area contributed by atoms with E-state index >= 15 is 0 Å². The Bertz CT molecular complexity index is 1150. The van der Waals surface area contributed by atoms with Crippen molar-refractivity contribution >= 4 is 11.6 Å². The fraction of sp³-hybridized carbons (Fsp3) is 0.320. The maximum absolute atomic E-state index is 13.5. The Morgan fingerprint density at radius 3 is 2.25 bits per heavy atom. The quantitative estimate of drug-likeness (QED) is 0.620. The average Bonchev–Trinajstić information content (AvgIpc) is 2.84. The molecule has 1 amide bonds. The zero-order chi connectivity index (χ0) is 22.7. The zero-order valence-electron chi connectivity index (χ0n) is 18.7. The first-order valence-corrected chi connectivity index (χ1v) is 10.8. The van der Waals surface area contributed by atoms with Crippen molar-refractivity contribution in [1.82, 2.24) is 14.7 Å². The average molecular weight is 433 g/mol. The predicted molar refractivity (Wildman–Crippen MR) is 125 cm³/mol. The first kappa shape index (κ1) is 21.6. The highest BCUT2D eigenvalue weighted by Gasteiger charge is 2.37. The molecular formula is C25H28N4O3. The van der Waals surface area contributed by atoms with Gasteiger partial charge in [0.1, 0.15) is 11.3 Å². The molecule has 1 aliphatic heterocycles. The molecule has 1 saturated heterocycles. The highest BCUT2D eigenvalue weighted by atomic mass is 16.5. The molecule has 0 spiro atoms. The van der Waals surface area contributed by atoms with Crippen molar-refractivity contribution in [3.63, 3.8) is 0 Å². The summed E-state index contributed by atoms with van der Waals surface area (Å²) < 4.78 is 6.79. The molecule has 32 heavy (non-hydrogen) atoms. The Hall–Kier alpha value is -3.61. The van der Waals surface area contributed by atoms with Crippen LogP contribution in [0.5, 0.6) is 5.75 Å². The maximum atomic E-state index is 13.5. The van der Waals surface area contributed by atoms with Gasteiger partial charge in [0.15, 0.2) is 0 Å². The number of nitrogens with zero attached hydrogens (tertiary/aromatic N) is 4. The number of rotatable bonds is 5. The van der Waals surface area contributed by atoms with E-state index < -0.39 is 5.54 Å². The van der Waals surface area contributed by atoms with Crippen LogP contribution in [0.3, 0.4) is 0 Å². The summed E-state index contributed by atoms with van der Waals surface area (Å²) in [6.07, 6.45) is 0. The first-order valence-electron chi connectivity index (χ1n) is 10.8. The van der Waals surface area contributed by atoms with Crippen molar-refractivity contribution in [3.05, 3.63) is 77.1 Å². The van der Waals surface area contributed by atoms with Gasteiger partial charge in [0.2, 0.25) is 5.91 Å². The Morgan fingerprint density at radius 2 is 1.56 bits per heavy atom. The monoisotopic (exact) mass is 432 g/mol. The van der Waals surface area contributed by atoms with E-state index in [1.807, 2.05) is 59.5 Å². The first-order chi connectivity index (χ1) is 15.4. The van der Waals surface area contributed by atoms with Gasteiger partial charge >= 0.3 is 0 Å². The number of hydrogen-bond acceptors (Lipinski definition) is 5. The number of piperazine rings is 1.